The second-order valence-electron chi connectivity index (χ2n) is 9.11. The number of hydrogen-bond donors (Lipinski definition) is 2. The van der Waals surface area contributed by atoms with Gasteiger partial charge < -0.3 is 15.3 Å². The molecule has 0 unspecified atom stereocenters. The number of carbonyl (C=O) groups excluding carboxylic acids is 3. The van der Waals surface area contributed by atoms with Crippen LogP contribution in [-0.4, -0.2) is 52.8 Å². The molecule has 3 aliphatic rings. The van der Waals surface area contributed by atoms with Crippen molar-refractivity contribution in [2.45, 2.75) is 31.7 Å². The lowest BCUT2D eigenvalue weighted by molar-refractivity contribution is -0.120. The lowest BCUT2D eigenvalue weighted by Crippen LogP contribution is -2.47. The predicted octanol–water partition coefficient (Wildman–Crippen LogP) is 3.85. The van der Waals surface area contributed by atoms with Crippen LogP contribution in [0.1, 0.15) is 56.8 Å². The number of anilines is 2. The highest BCUT2D eigenvalue weighted by molar-refractivity contribution is 6.23. The minimum atomic E-state index is -1.25. The van der Waals surface area contributed by atoms with Crippen molar-refractivity contribution >= 4 is 35.1 Å². The molecule has 2 heterocycles. The number of carboxylic acid groups (broad SMARTS) is 1. The van der Waals surface area contributed by atoms with E-state index in [1.54, 1.807) is 35.2 Å². The Morgan fingerprint density at radius 3 is 2.37 bits per heavy atom. The number of amides is 3. The van der Waals surface area contributed by atoms with Gasteiger partial charge in [-0.05, 0) is 55.2 Å². The Bertz CT molecular complexity index is 1230. The molecule has 8 nitrogen and oxygen atoms in total. The summed E-state index contributed by atoms with van der Waals surface area (Å²) in [6.07, 6.45) is 4.14. The Kier molecular flexibility index (Phi) is 5.84. The van der Waals surface area contributed by atoms with E-state index < -0.39 is 29.7 Å². The second-order valence-corrected chi connectivity index (χ2v) is 9.11. The number of halogens is 1. The standard InChI is InChI=1S/C26H24FN3O5/c27-16-4-3-11-29(14-16)17-9-10-21(20(13-17)26(34)35)28-23(31)22(12-15-7-8-15)30-24(32)18-5-1-2-6-19(18)25(30)33/h1-2,4-6,9-10,13,15,22H,3,7-8,11-12,14H2,(H,28,31)(H,34,35)/t22-/m0/s1. The number of carbonyl (C=O) groups is 4. The SMILES string of the molecule is O=C(O)c1cc(N2CCC=C(F)C2)ccc1NC(=O)[C@H](CC1CC1)N1C(=O)c2ccccc2C1=O. The molecule has 0 radical (unpaired) electrons. The number of nitrogens with one attached hydrogen (secondary N) is 1. The summed E-state index contributed by atoms with van der Waals surface area (Å²) in [5.41, 5.74) is 0.933. The van der Waals surface area contributed by atoms with Gasteiger partial charge >= 0.3 is 5.97 Å². The van der Waals surface area contributed by atoms with Crippen molar-refractivity contribution in [2.24, 2.45) is 5.92 Å². The smallest absolute Gasteiger partial charge is 0.337 e. The third-order valence-electron chi connectivity index (χ3n) is 6.66. The van der Waals surface area contributed by atoms with Crippen molar-refractivity contribution in [1.29, 1.82) is 0 Å². The number of imide groups is 1. The zero-order valence-corrected chi connectivity index (χ0v) is 18.9. The van der Waals surface area contributed by atoms with Gasteiger partial charge in [0.25, 0.3) is 11.8 Å². The number of hydrogen-bond acceptors (Lipinski definition) is 5. The monoisotopic (exact) mass is 477 g/mol. The molecule has 9 heteroatoms. The molecule has 0 bridgehead atoms. The van der Waals surface area contributed by atoms with Gasteiger partial charge in [0.15, 0.2) is 0 Å². The molecule has 0 spiro atoms. The van der Waals surface area contributed by atoms with Gasteiger partial charge in [0.05, 0.1) is 28.9 Å². The van der Waals surface area contributed by atoms with Crippen molar-refractivity contribution < 1.29 is 28.7 Å². The van der Waals surface area contributed by atoms with Gasteiger partial charge in [-0.1, -0.05) is 25.0 Å². The number of carboxylic acids is 1. The Morgan fingerprint density at radius 1 is 1.09 bits per heavy atom. The fourth-order valence-electron chi connectivity index (χ4n) is 4.64. The van der Waals surface area contributed by atoms with E-state index in [4.69, 9.17) is 0 Å². The maximum Gasteiger partial charge on any atom is 0.337 e. The molecular formula is C26H24FN3O5. The molecule has 1 aliphatic carbocycles. The van der Waals surface area contributed by atoms with Gasteiger partial charge in [0, 0.05) is 12.2 Å². The summed E-state index contributed by atoms with van der Waals surface area (Å²) in [4.78, 5) is 54.1. The molecule has 0 aromatic heterocycles. The average Bonchev–Trinajstić information content (AvgIpc) is 3.63. The van der Waals surface area contributed by atoms with Crippen molar-refractivity contribution in [2.75, 3.05) is 23.3 Å². The van der Waals surface area contributed by atoms with E-state index in [0.717, 1.165) is 17.7 Å². The predicted molar refractivity (Wildman–Crippen MR) is 126 cm³/mol. The highest BCUT2D eigenvalue weighted by Gasteiger charge is 2.44. The molecule has 2 aliphatic heterocycles. The topological polar surface area (TPSA) is 107 Å². The van der Waals surface area contributed by atoms with E-state index in [1.165, 1.54) is 18.2 Å². The van der Waals surface area contributed by atoms with Crippen LogP contribution in [0, 0.1) is 5.92 Å². The molecule has 2 aromatic carbocycles. The molecule has 1 saturated carbocycles. The average molecular weight is 477 g/mol. The van der Waals surface area contributed by atoms with Gasteiger partial charge in [-0.25, -0.2) is 9.18 Å². The quantitative estimate of drug-likeness (QED) is 0.587. The maximum absolute atomic E-state index is 13.7. The van der Waals surface area contributed by atoms with E-state index in [2.05, 4.69) is 5.32 Å². The molecule has 2 aromatic rings. The van der Waals surface area contributed by atoms with Crippen LogP contribution in [0.5, 0.6) is 0 Å². The summed E-state index contributed by atoms with van der Waals surface area (Å²) in [5.74, 6) is -2.99. The zero-order valence-electron chi connectivity index (χ0n) is 18.9. The number of nitrogens with zero attached hydrogens (tertiary/aromatic N) is 2. The van der Waals surface area contributed by atoms with Gasteiger partial charge in [0.1, 0.15) is 11.9 Å². The molecular weight excluding hydrogens is 453 g/mol. The van der Waals surface area contributed by atoms with Gasteiger partial charge in [-0.15, -0.1) is 0 Å². The minimum absolute atomic E-state index is 0.0496. The Morgan fingerprint density at radius 2 is 1.77 bits per heavy atom. The first-order valence-electron chi connectivity index (χ1n) is 11.6. The van der Waals surface area contributed by atoms with E-state index >= 15 is 0 Å². The summed E-state index contributed by atoms with van der Waals surface area (Å²) >= 11 is 0. The van der Waals surface area contributed by atoms with Crippen molar-refractivity contribution in [3.63, 3.8) is 0 Å². The number of fused-ring (bicyclic) bond motifs is 1. The van der Waals surface area contributed by atoms with Crippen LogP contribution in [0.2, 0.25) is 0 Å². The Hall–Kier alpha value is -4.01. The Labute approximate surface area is 201 Å². The third-order valence-corrected chi connectivity index (χ3v) is 6.66. The highest BCUT2D eigenvalue weighted by Crippen LogP contribution is 2.37. The summed E-state index contributed by atoms with van der Waals surface area (Å²) in [7, 11) is 0. The van der Waals surface area contributed by atoms with Crippen molar-refractivity contribution in [3.05, 3.63) is 71.1 Å². The van der Waals surface area contributed by atoms with Crippen LogP contribution in [0.3, 0.4) is 0 Å². The Balaban J connectivity index is 1.42. The third kappa shape index (κ3) is 4.41. The van der Waals surface area contributed by atoms with Gasteiger partial charge in [-0.2, -0.15) is 0 Å². The first-order chi connectivity index (χ1) is 16.8. The van der Waals surface area contributed by atoms with E-state index in [1.807, 2.05) is 0 Å². The van der Waals surface area contributed by atoms with Crippen LogP contribution in [-0.2, 0) is 4.79 Å². The molecule has 35 heavy (non-hydrogen) atoms. The number of aromatic carboxylic acids is 1. The minimum Gasteiger partial charge on any atom is -0.478 e. The lowest BCUT2D eigenvalue weighted by atomic mass is 10.1. The largest absolute Gasteiger partial charge is 0.478 e. The number of rotatable bonds is 7. The van der Waals surface area contributed by atoms with Crippen LogP contribution in [0.15, 0.2) is 54.4 Å². The van der Waals surface area contributed by atoms with Crippen molar-refractivity contribution in [3.8, 4) is 0 Å². The van der Waals surface area contributed by atoms with Crippen LogP contribution in [0.25, 0.3) is 0 Å². The first-order valence-corrected chi connectivity index (χ1v) is 11.6. The molecule has 3 amide bonds. The van der Waals surface area contributed by atoms with Gasteiger partial charge in [-0.3, -0.25) is 19.3 Å². The fraction of sp³-hybridized carbons (Fsp3) is 0.308. The van der Waals surface area contributed by atoms with E-state index in [0.29, 0.717) is 25.1 Å². The number of benzene rings is 2. The van der Waals surface area contributed by atoms with Crippen LogP contribution >= 0.6 is 0 Å². The van der Waals surface area contributed by atoms with Crippen LogP contribution < -0.4 is 10.2 Å². The molecule has 2 N–H and O–H groups in total. The first kappa shape index (κ1) is 22.8. The molecule has 180 valence electrons. The summed E-state index contributed by atoms with van der Waals surface area (Å²) in [6.45, 7) is 0.593. The summed E-state index contributed by atoms with van der Waals surface area (Å²) in [6, 6.07) is 9.86. The molecule has 0 saturated heterocycles. The highest BCUT2D eigenvalue weighted by atomic mass is 19.1. The molecule has 5 rings (SSSR count). The van der Waals surface area contributed by atoms with Crippen LogP contribution in [0.4, 0.5) is 15.8 Å². The van der Waals surface area contributed by atoms with E-state index in [9.17, 15) is 28.7 Å². The van der Waals surface area contributed by atoms with Gasteiger partial charge in [0.2, 0.25) is 5.91 Å². The summed E-state index contributed by atoms with van der Waals surface area (Å²) < 4.78 is 13.7. The summed E-state index contributed by atoms with van der Waals surface area (Å²) in [5, 5.41) is 12.4. The van der Waals surface area contributed by atoms with E-state index in [-0.39, 0.29) is 40.7 Å². The fourth-order valence-corrected chi connectivity index (χ4v) is 4.64. The normalized spacial score (nSPS) is 18.3. The van der Waals surface area contributed by atoms with Crippen molar-refractivity contribution in [1.82, 2.24) is 4.90 Å². The molecule has 1 atom stereocenters. The second kappa shape index (κ2) is 8.98. The molecule has 1 fully saturated rings. The zero-order chi connectivity index (χ0) is 24.7. The maximum atomic E-state index is 13.7. The lowest BCUT2D eigenvalue weighted by Gasteiger charge is -2.28.